The van der Waals surface area contributed by atoms with Crippen LogP contribution in [0.1, 0.15) is 0 Å². The quantitative estimate of drug-likeness (QED) is 0.745. The molecule has 0 radical (unpaired) electrons. The van der Waals surface area contributed by atoms with Gasteiger partial charge in [0.15, 0.2) is 0 Å². The first-order valence-corrected chi connectivity index (χ1v) is 6.92. The van der Waals surface area contributed by atoms with Gasteiger partial charge in [0.25, 0.3) is 5.56 Å². The fraction of sp³-hybridized carbons (Fsp3) is 0.0714. The summed E-state index contributed by atoms with van der Waals surface area (Å²) in [6.45, 7) is 0. The predicted octanol–water partition coefficient (Wildman–Crippen LogP) is 2.31. The number of nitrogens with zero attached hydrogens (tertiary/aromatic N) is 3. The number of benzene rings is 1. The molecular weight excluding hydrogens is 336 g/mol. The Bertz CT molecular complexity index is 869. The van der Waals surface area contributed by atoms with Gasteiger partial charge < -0.3 is 10.1 Å². The lowest BCUT2D eigenvalue weighted by molar-refractivity contribution is 0.454. The number of hydrogen-bond donors (Lipinski definition) is 2. The minimum absolute atomic E-state index is 0.143. The lowest BCUT2D eigenvalue weighted by atomic mass is 10.1. The Balaban J connectivity index is 2.15. The van der Waals surface area contributed by atoms with Crippen molar-refractivity contribution in [1.29, 1.82) is 0 Å². The van der Waals surface area contributed by atoms with E-state index in [2.05, 4.69) is 31.0 Å². The van der Waals surface area contributed by atoms with Gasteiger partial charge in [-0.05, 0) is 17.7 Å². The van der Waals surface area contributed by atoms with Crippen molar-refractivity contribution < 1.29 is 5.11 Å². The van der Waals surface area contributed by atoms with Crippen molar-refractivity contribution in [2.45, 2.75) is 0 Å². The van der Waals surface area contributed by atoms with E-state index in [1.807, 2.05) is 6.07 Å². The van der Waals surface area contributed by atoms with Crippen LogP contribution in [0, 0.1) is 0 Å². The van der Waals surface area contributed by atoms with E-state index in [4.69, 9.17) is 0 Å². The summed E-state index contributed by atoms with van der Waals surface area (Å²) < 4.78 is 2.41. The van der Waals surface area contributed by atoms with Gasteiger partial charge >= 0.3 is 0 Å². The molecule has 0 saturated heterocycles. The molecule has 6 nitrogen and oxygen atoms in total. The maximum absolute atomic E-state index is 12.3. The van der Waals surface area contributed by atoms with E-state index in [9.17, 15) is 9.90 Å². The standard InChI is InChI=1S/C14H11BrN4O2/c1-19-7-9(6-16-19)12-17-13(20)11(14(21)18-12)8-3-2-4-10(15)5-8/h2-7H,1H3,(H2,17,18,20,21). The van der Waals surface area contributed by atoms with Gasteiger partial charge in [0.1, 0.15) is 11.4 Å². The molecule has 2 aromatic heterocycles. The number of aromatic hydroxyl groups is 1. The number of aryl methyl sites for hydroxylation is 1. The van der Waals surface area contributed by atoms with Crippen LogP contribution in [0.5, 0.6) is 5.88 Å². The Morgan fingerprint density at radius 3 is 2.76 bits per heavy atom. The second-order valence-corrected chi connectivity index (χ2v) is 5.44. The summed E-state index contributed by atoms with van der Waals surface area (Å²) >= 11 is 3.34. The highest BCUT2D eigenvalue weighted by Gasteiger charge is 2.14. The van der Waals surface area contributed by atoms with E-state index < -0.39 is 5.56 Å². The van der Waals surface area contributed by atoms with Crippen molar-refractivity contribution in [2.75, 3.05) is 0 Å². The minimum atomic E-state index is -0.403. The van der Waals surface area contributed by atoms with Crippen LogP contribution < -0.4 is 5.56 Å². The zero-order chi connectivity index (χ0) is 15.0. The first-order chi connectivity index (χ1) is 10.0. The van der Waals surface area contributed by atoms with Crippen LogP contribution in [-0.2, 0) is 7.05 Å². The first-order valence-electron chi connectivity index (χ1n) is 6.13. The molecule has 0 aliphatic heterocycles. The summed E-state index contributed by atoms with van der Waals surface area (Å²) in [6, 6.07) is 7.11. The molecule has 0 unspecified atom stereocenters. The largest absolute Gasteiger partial charge is 0.493 e. The molecule has 0 bridgehead atoms. The van der Waals surface area contributed by atoms with Crippen molar-refractivity contribution in [3.63, 3.8) is 0 Å². The minimum Gasteiger partial charge on any atom is -0.493 e. The molecule has 0 aliphatic rings. The summed E-state index contributed by atoms with van der Waals surface area (Å²) in [4.78, 5) is 19.0. The SMILES string of the molecule is Cn1cc(-c2nc(O)c(-c3cccc(Br)c3)c(=O)[nH]2)cn1. The highest BCUT2D eigenvalue weighted by atomic mass is 79.9. The molecule has 106 valence electrons. The number of aromatic nitrogens is 4. The second-order valence-electron chi connectivity index (χ2n) is 4.53. The summed E-state index contributed by atoms with van der Waals surface area (Å²) in [7, 11) is 1.76. The number of rotatable bonds is 2. The molecule has 0 aliphatic carbocycles. The average Bonchev–Trinajstić information content (AvgIpc) is 2.85. The molecule has 3 rings (SSSR count). The lowest BCUT2D eigenvalue weighted by Gasteiger charge is -2.05. The molecule has 21 heavy (non-hydrogen) atoms. The van der Waals surface area contributed by atoms with Gasteiger partial charge in [-0.15, -0.1) is 0 Å². The van der Waals surface area contributed by atoms with Crippen LogP contribution in [-0.4, -0.2) is 24.9 Å². The summed E-state index contributed by atoms with van der Waals surface area (Å²) in [5.74, 6) is -0.0277. The summed E-state index contributed by atoms with van der Waals surface area (Å²) in [5.41, 5.74) is 0.961. The fourth-order valence-corrected chi connectivity index (χ4v) is 2.44. The maximum atomic E-state index is 12.3. The van der Waals surface area contributed by atoms with Crippen LogP contribution in [0.15, 0.2) is 45.9 Å². The second kappa shape index (κ2) is 5.17. The topological polar surface area (TPSA) is 83.8 Å². The monoisotopic (exact) mass is 346 g/mol. The molecular formula is C14H11BrN4O2. The van der Waals surface area contributed by atoms with E-state index in [1.165, 1.54) is 0 Å². The molecule has 1 aromatic carbocycles. The van der Waals surface area contributed by atoms with E-state index in [1.54, 1.807) is 42.3 Å². The molecule has 2 heterocycles. The Morgan fingerprint density at radius 1 is 1.33 bits per heavy atom. The van der Waals surface area contributed by atoms with Crippen LogP contribution >= 0.6 is 15.9 Å². The van der Waals surface area contributed by atoms with Gasteiger partial charge in [-0.1, -0.05) is 28.1 Å². The predicted molar refractivity (Wildman–Crippen MR) is 81.9 cm³/mol. The molecule has 0 atom stereocenters. The molecule has 0 amide bonds. The van der Waals surface area contributed by atoms with Gasteiger partial charge in [0.2, 0.25) is 5.88 Å². The van der Waals surface area contributed by atoms with Gasteiger partial charge in [0, 0.05) is 17.7 Å². The van der Waals surface area contributed by atoms with E-state index in [0.29, 0.717) is 11.1 Å². The van der Waals surface area contributed by atoms with Gasteiger partial charge in [-0.3, -0.25) is 9.48 Å². The third-order valence-electron chi connectivity index (χ3n) is 2.99. The highest BCUT2D eigenvalue weighted by Crippen LogP contribution is 2.27. The Kier molecular flexibility index (Phi) is 3.34. The van der Waals surface area contributed by atoms with Gasteiger partial charge in [-0.25, -0.2) is 0 Å². The van der Waals surface area contributed by atoms with Crippen molar-refractivity contribution in [1.82, 2.24) is 19.7 Å². The normalized spacial score (nSPS) is 10.8. The fourth-order valence-electron chi connectivity index (χ4n) is 2.05. The average molecular weight is 347 g/mol. The highest BCUT2D eigenvalue weighted by molar-refractivity contribution is 9.10. The van der Waals surface area contributed by atoms with E-state index >= 15 is 0 Å². The zero-order valence-corrected chi connectivity index (χ0v) is 12.6. The molecule has 0 fully saturated rings. The third-order valence-corrected chi connectivity index (χ3v) is 3.49. The van der Waals surface area contributed by atoms with Crippen LogP contribution in [0.4, 0.5) is 0 Å². The number of hydrogen-bond acceptors (Lipinski definition) is 4. The van der Waals surface area contributed by atoms with E-state index in [-0.39, 0.29) is 17.3 Å². The van der Waals surface area contributed by atoms with Crippen molar-refractivity contribution >= 4 is 15.9 Å². The molecule has 0 saturated carbocycles. The zero-order valence-electron chi connectivity index (χ0n) is 11.0. The number of halogens is 1. The smallest absolute Gasteiger partial charge is 0.262 e. The summed E-state index contributed by atoms with van der Waals surface area (Å²) in [6.07, 6.45) is 3.27. The number of aromatic amines is 1. The van der Waals surface area contributed by atoms with Gasteiger partial charge in [0.05, 0.1) is 11.8 Å². The first kappa shape index (κ1) is 13.6. The molecule has 0 spiro atoms. The van der Waals surface area contributed by atoms with Crippen molar-refractivity contribution in [2.24, 2.45) is 7.05 Å². The maximum Gasteiger partial charge on any atom is 0.262 e. The van der Waals surface area contributed by atoms with Gasteiger partial charge in [-0.2, -0.15) is 10.1 Å². The number of H-pyrrole nitrogens is 1. The molecule has 3 aromatic rings. The van der Waals surface area contributed by atoms with Crippen LogP contribution in [0.3, 0.4) is 0 Å². The Hall–Kier alpha value is -2.41. The Morgan fingerprint density at radius 2 is 2.14 bits per heavy atom. The van der Waals surface area contributed by atoms with Crippen molar-refractivity contribution in [3.8, 4) is 28.4 Å². The van der Waals surface area contributed by atoms with Crippen molar-refractivity contribution in [3.05, 3.63) is 51.5 Å². The van der Waals surface area contributed by atoms with E-state index in [0.717, 1.165) is 4.47 Å². The molecule has 7 heteroatoms. The van der Waals surface area contributed by atoms with Crippen LogP contribution in [0.25, 0.3) is 22.5 Å². The lowest BCUT2D eigenvalue weighted by Crippen LogP contribution is -2.12. The number of nitrogens with one attached hydrogen (secondary N) is 1. The summed E-state index contributed by atoms with van der Waals surface area (Å²) in [5, 5.41) is 14.1. The Labute approximate surface area is 128 Å². The van der Waals surface area contributed by atoms with Crippen LogP contribution in [0.2, 0.25) is 0 Å². The molecule has 2 N–H and O–H groups in total. The third kappa shape index (κ3) is 2.59.